The van der Waals surface area contributed by atoms with Gasteiger partial charge in [0.2, 0.25) is 24.6 Å². The smallest absolute Gasteiger partial charge is 0.341 e. The van der Waals surface area contributed by atoms with Gasteiger partial charge in [-0.25, -0.2) is 24.7 Å². The van der Waals surface area contributed by atoms with E-state index in [2.05, 4.69) is 130 Å². The second-order valence-corrected chi connectivity index (χ2v) is 13.4. The van der Waals surface area contributed by atoms with Crippen LogP contribution >= 0.6 is 22.7 Å². The van der Waals surface area contributed by atoms with Crippen molar-refractivity contribution in [2.45, 2.75) is 0 Å². The number of nitrogens with one attached hydrogen (secondary N) is 4. The molecular weight excluding hydrogens is 1050 g/mol. The van der Waals surface area contributed by atoms with E-state index in [0.29, 0.717) is 10.9 Å². The van der Waals surface area contributed by atoms with Gasteiger partial charge in [-0.1, -0.05) is 70.1 Å². The number of aromatic nitrogens is 23. The molecule has 0 aliphatic heterocycles. The van der Waals surface area contributed by atoms with Crippen LogP contribution in [0.5, 0.6) is 0 Å². The topological polar surface area (TPSA) is 402 Å². The van der Waals surface area contributed by atoms with Gasteiger partial charge in [-0.2, -0.15) is 15.4 Å². The molecule has 0 radical (unpaired) electrons. The number of aromatic carboxylic acids is 1. The zero-order valence-electron chi connectivity index (χ0n) is 40.6. The van der Waals surface area contributed by atoms with Crippen LogP contribution < -0.4 is 5.43 Å². The average molecular weight is 1090 g/mol. The number of aromatic amines is 4. The van der Waals surface area contributed by atoms with E-state index in [4.69, 9.17) is 5.11 Å². The Morgan fingerprint density at radius 1 is 0.500 bits per heavy atom. The predicted octanol–water partition coefficient (Wildman–Crippen LogP) is 6.86. The summed E-state index contributed by atoms with van der Waals surface area (Å²) in [7, 11) is 0. The molecule has 0 atom stereocenters. The van der Waals surface area contributed by atoms with Crippen LogP contribution in [0.4, 0.5) is 0 Å². The molecule has 398 valence electrons. The largest absolute Gasteiger partial charge is 0.477 e. The first kappa shape index (κ1) is 62.6. The maximum absolute atomic E-state index is 11.6. The average Bonchev–Trinajstić information content (AvgIpc) is 4.39. The van der Waals surface area contributed by atoms with Crippen molar-refractivity contribution in [2.75, 3.05) is 0 Å². The number of thiazole rings is 1. The molecule has 0 aliphatic rings. The Balaban J connectivity index is 0.000000294. The molecule has 2 aromatic carbocycles. The van der Waals surface area contributed by atoms with E-state index in [-0.39, 0.29) is 5.56 Å². The fourth-order valence-electron chi connectivity index (χ4n) is 3.80. The monoisotopic (exact) mass is 1090 g/mol. The zero-order valence-corrected chi connectivity index (χ0v) is 42.2. The molecule has 0 amide bonds. The first-order valence-corrected chi connectivity index (χ1v) is 23.3. The molecule has 29 nitrogen and oxygen atoms in total. The minimum absolute atomic E-state index is 0.233. The highest BCUT2D eigenvalue weighted by Crippen LogP contribution is 2.06. The lowest BCUT2D eigenvalue weighted by atomic mass is 10.1. The van der Waals surface area contributed by atoms with Crippen LogP contribution in [0.2, 0.25) is 0 Å². The predicted molar refractivity (Wildman–Crippen MR) is 283 cm³/mol. The number of carboxylic acid groups (broad SMARTS) is 1. The lowest BCUT2D eigenvalue weighted by molar-refractivity contribution is 0.0695. The summed E-state index contributed by atoms with van der Waals surface area (Å²) >= 11 is 3.09. The van der Waals surface area contributed by atoms with Gasteiger partial charge in [0.05, 0.1) is 11.7 Å². The number of H-pyrrole nitrogens is 4. The van der Waals surface area contributed by atoms with Crippen molar-refractivity contribution in [3.8, 4) is 0 Å². The Hall–Kier alpha value is -11.5. The van der Waals surface area contributed by atoms with E-state index in [1.807, 2.05) is 66.0 Å². The van der Waals surface area contributed by atoms with Crippen molar-refractivity contribution >= 4 is 39.5 Å². The summed E-state index contributed by atoms with van der Waals surface area (Å²) in [5.41, 5.74) is 5.11. The van der Waals surface area contributed by atoms with Gasteiger partial charge >= 0.3 is 5.97 Å². The van der Waals surface area contributed by atoms with Gasteiger partial charge in [0, 0.05) is 90.6 Å². The lowest BCUT2D eigenvalue weighted by Crippen LogP contribution is -2.14. The number of nitrogens with zero attached hydrogens (tertiary/aromatic N) is 19. The summed E-state index contributed by atoms with van der Waals surface area (Å²) in [5.74, 6) is -1.21. The highest BCUT2D eigenvalue weighted by molar-refractivity contribution is 7.07. The number of benzene rings is 2. The van der Waals surface area contributed by atoms with Crippen LogP contribution in [0.3, 0.4) is 0 Å². The summed E-state index contributed by atoms with van der Waals surface area (Å²) in [4.78, 5) is 54.3. The van der Waals surface area contributed by atoms with Crippen molar-refractivity contribution in [1.82, 2.24) is 117 Å². The molecule has 0 saturated carbocycles. The minimum Gasteiger partial charge on any atom is -0.477 e. The zero-order chi connectivity index (χ0) is 55.4. The van der Waals surface area contributed by atoms with E-state index in [1.165, 1.54) is 74.6 Å². The van der Waals surface area contributed by atoms with Gasteiger partial charge < -0.3 is 23.6 Å². The molecule has 12 aromatic heterocycles. The van der Waals surface area contributed by atoms with Gasteiger partial charge in [-0.3, -0.25) is 34.9 Å². The molecule has 12 heterocycles. The van der Waals surface area contributed by atoms with Crippen LogP contribution in [0.25, 0.3) is 10.9 Å². The normalized spacial score (nSPS) is 8.41. The van der Waals surface area contributed by atoms with Gasteiger partial charge in [0.15, 0.2) is 12.7 Å². The fourth-order valence-corrected chi connectivity index (χ4v) is 4.42. The van der Waals surface area contributed by atoms with E-state index in [9.17, 15) is 9.59 Å². The van der Waals surface area contributed by atoms with E-state index >= 15 is 0 Å². The van der Waals surface area contributed by atoms with Crippen LogP contribution in [0.15, 0.2) is 275 Å². The molecule has 0 aliphatic carbocycles. The number of carbonyl (C=O) groups is 1. The molecule has 0 unspecified atom stereocenters. The van der Waals surface area contributed by atoms with Gasteiger partial charge in [-0.15, -0.1) is 53.3 Å². The Morgan fingerprint density at radius 3 is 1.47 bits per heavy atom. The lowest BCUT2D eigenvalue weighted by Gasteiger charge is -1.98. The number of rotatable bonds is 1. The third-order valence-corrected chi connectivity index (χ3v) is 7.71. The Morgan fingerprint density at radius 2 is 1.19 bits per heavy atom. The molecule has 0 bridgehead atoms. The number of tetrazole rings is 1. The quantitative estimate of drug-likeness (QED) is 0.112. The first-order valence-electron chi connectivity index (χ1n) is 21.4. The van der Waals surface area contributed by atoms with Crippen molar-refractivity contribution in [2.24, 2.45) is 0 Å². The van der Waals surface area contributed by atoms with Crippen LogP contribution in [-0.4, -0.2) is 128 Å². The number of fused-ring (bicyclic) bond motifs is 1. The van der Waals surface area contributed by atoms with Gasteiger partial charge in [0.25, 0.3) is 0 Å². The summed E-state index contributed by atoms with van der Waals surface area (Å²) in [6, 6.07) is 29.8. The highest BCUT2D eigenvalue weighted by atomic mass is 32.1. The summed E-state index contributed by atoms with van der Waals surface area (Å²) in [5, 5.41) is 55.6. The maximum Gasteiger partial charge on any atom is 0.341 e. The van der Waals surface area contributed by atoms with Crippen LogP contribution in [0, 0.1) is 0 Å². The van der Waals surface area contributed by atoms with E-state index in [1.54, 1.807) is 139 Å². The maximum atomic E-state index is 11.6. The van der Waals surface area contributed by atoms with E-state index < -0.39 is 11.4 Å². The number of hydrogen-bond acceptors (Lipinski definition) is 26. The molecule has 14 aromatic rings. The Labute approximate surface area is 450 Å². The minimum atomic E-state index is -1.21. The third kappa shape index (κ3) is 40.2. The molecule has 14 rings (SSSR count). The number of carboxylic acids is 1. The highest BCUT2D eigenvalue weighted by Gasteiger charge is 2.10. The molecule has 5 N–H and O–H groups in total. The molecule has 0 saturated heterocycles. The molecule has 31 heteroatoms. The molecular formula is C47H47N23O6S2. The second-order valence-electron chi connectivity index (χ2n) is 11.9. The second kappa shape index (κ2) is 50.5. The van der Waals surface area contributed by atoms with Gasteiger partial charge in [0.1, 0.15) is 41.8 Å². The number of para-hydroxylation sites is 1. The molecule has 0 fully saturated rings. The van der Waals surface area contributed by atoms with Crippen LogP contribution in [-0.2, 0) is 0 Å². The van der Waals surface area contributed by atoms with Crippen molar-refractivity contribution in [1.29, 1.82) is 0 Å². The van der Waals surface area contributed by atoms with Crippen molar-refractivity contribution < 1.29 is 23.4 Å². The van der Waals surface area contributed by atoms with Crippen LogP contribution in [0.1, 0.15) is 10.4 Å². The third-order valence-electron chi connectivity index (χ3n) is 6.76. The Bertz CT molecular complexity index is 2500. The first-order chi connectivity index (χ1) is 38.7. The summed E-state index contributed by atoms with van der Waals surface area (Å²) in [6.07, 6.45) is 33.9. The summed E-state index contributed by atoms with van der Waals surface area (Å²) < 4.78 is 12.9. The van der Waals surface area contributed by atoms with Crippen molar-refractivity contribution in [3.63, 3.8) is 0 Å². The number of pyridine rings is 2. The summed E-state index contributed by atoms with van der Waals surface area (Å²) in [6.45, 7) is 0. The standard InChI is InChI=1S/C10H7NO3.C6H6.C5H5N.2C4H4N2.C3H4N2.C3H3NO.C3H3NS.C2H3N3.2C2H2N2O.C2H2N2S.CH2N4/c12-9-6-3-1-2-4-8(6)11-5-7(9)10(13)14;2*1-2-4-6-5-3-1;1-2-6-4-3-5-1;1-2-5-4-6-3-1;2*1-2-4-5-3-1;1-2-5-3-4-1;1-3-2-5-4-1;1-3-4-2-5-1;1-3-2-5-4-1;1-3-4-2-5-1;1-2-4-5-3-1/h1-5H,(H,11,12)(H,13,14);1-6H;1-5H;2*1-4H;1-3H,(H,4,5);2*1-3H;1-2H,(H,3,4,5);3*1-2H;1H,(H,2,3,4,5). The fraction of sp³-hybridized carbons (Fsp3) is 0. The Kier molecular flexibility index (Phi) is 40.5. The SMILES string of the molecule is O=C(O)c1c[nH]c2ccccc2c1=O.c1ccccc1.c1ccncc1.c1cn[nH]c1.c1cnccn1.c1cncnc1.c1cnoc1.c1cscn1.c1nc[nH]n1.c1ncon1.c1nn[nH]n1.c1nnco1.c1nncs1. The van der Waals surface area contributed by atoms with Crippen molar-refractivity contribution in [3.05, 3.63) is 272 Å². The van der Waals surface area contributed by atoms with E-state index in [0.717, 1.165) is 0 Å². The van der Waals surface area contributed by atoms with Gasteiger partial charge in [-0.05, 0) is 42.5 Å². The molecule has 78 heavy (non-hydrogen) atoms. The number of hydrogen-bond donors (Lipinski definition) is 5. The molecule has 0 spiro atoms.